The van der Waals surface area contributed by atoms with Gasteiger partial charge < -0.3 is 0 Å². The van der Waals surface area contributed by atoms with Crippen LogP contribution in [0.2, 0.25) is 0 Å². The van der Waals surface area contributed by atoms with Crippen molar-refractivity contribution in [2.24, 2.45) is 11.3 Å². The number of non-ortho nitro benzene ring substituents is 1. The third-order valence-electron chi connectivity index (χ3n) is 4.12. The molecule has 1 aromatic carbocycles. The van der Waals surface area contributed by atoms with Gasteiger partial charge in [-0.15, -0.1) is 0 Å². The number of nitriles is 2. The standard InChI is InChI=1S/C18H11N3O2/c19-11-18(12-20)16-5-3-1-2-4-14(16)10-17(18)13-6-8-15(9-7-13)21(22)23/h1-10,16H/t16-/m1/s1. The number of nitro groups is 1. The highest BCUT2D eigenvalue weighted by Crippen LogP contribution is 2.51. The second-order valence-electron chi connectivity index (χ2n) is 5.31. The van der Waals surface area contributed by atoms with Crippen LogP contribution in [0.15, 0.2) is 66.3 Å². The van der Waals surface area contributed by atoms with Gasteiger partial charge in [-0.3, -0.25) is 10.1 Å². The van der Waals surface area contributed by atoms with Crippen molar-refractivity contribution in [3.8, 4) is 12.1 Å². The summed E-state index contributed by atoms with van der Waals surface area (Å²) in [6.07, 6.45) is 11.1. The minimum Gasteiger partial charge on any atom is -0.258 e. The summed E-state index contributed by atoms with van der Waals surface area (Å²) in [5.41, 5.74) is 0.748. The number of allylic oxidation sites excluding steroid dienone is 8. The number of hydrogen-bond donors (Lipinski definition) is 0. The van der Waals surface area contributed by atoms with Crippen LogP contribution < -0.4 is 0 Å². The molecule has 2 aliphatic carbocycles. The largest absolute Gasteiger partial charge is 0.269 e. The lowest BCUT2D eigenvalue weighted by atomic mass is 9.73. The number of fused-ring (bicyclic) bond motifs is 1. The van der Waals surface area contributed by atoms with E-state index in [-0.39, 0.29) is 11.6 Å². The predicted octanol–water partition coefficient (Wildman–Crippen LogP) is 3.69. The Morgan fingerprint density at radius 2 is 1.78 bits per heavy atom. The van der Waals surface area contributed by atoms with E-state index in [4.69, 9.17) is 0 Å². The summed E-state index contributed by atoms with van der Waals surface area (Å²) in [7, 11) is 0. The van der Waals surface area contributed by atoms with Crippen molar-refractivity contribution >= 4 is 11.3 Å². The van der Waals surface area contributed by atoms with Crippen LogP contribution in [0.4, 0.5) is 5.69 Å². The van der Waals surface area contributed by atoms with Crippen LogP contribution in [0.25, 0.3) is 5.57 Å². The molecular weight excluding hydrogens is 290 g/mol. The molecule has 0 heterocycles. The first kappa shape index (κ1) is 14.5. The summed E-state index contributed by atoms with van der Waals surface area (Å²) in [4.78, 5) is 10.3. The minimum absolute atomic E-state index is 0.0249. The summed E-state index contributed by atoms with van der Waals surface area (Å²) in [5.74, 6) is -0.349. The quantitative estimate of drug-likeness (QED) is 0.615. The van der Waals surface area contributed by atoms with E-state index in [0.29, 0.717) is 11.1 Å². The summed E-state index contributed by atoms with van der Waals surface area (Å²) in [5, 5.41) is 30.2. The van der Waals surface area contributed by atoms with Crippen molar-refractivity contribution in [2.75, 3.05) is 0 Å². The Hall–Kier alpha value is -3.44. The van der Waals surface area contributed by atoms with Crippen LogP contribution in [-0.4, -0.2) is 4.92 Å². The Morgan fingerprint density at radius 1 is 1.09 bits per heavy atom. The molecule has 0 N–H and O–H groups in total. The number of benzene rings is 1. The van der Waals surface area contributed by atoms with Gasteiger partial charge in [0, 0.05) is 18.1 Å². The fraction of sp³-hybridized carbons (Fsp3) is 0.111. The monoisotopic (exact) mass is 301 g/mol. The van der Waals surface area contributed by atoms with Gasteiger partial charge in [0.2, 0.25) is 0 Å². The van der Waals surface area contributed by atoms with Gasteiger partial charge in [-0.2, -0.15) is 10.5 Å². The lowest BCUT2D eigenvalue weighted by molar-refractivity contribution is -0.384. The third-order valence-corrected chi connectivity index (χ3v) is 4.12. The smallest absolute Gasteiger partial charge is 0.258 e. The molecule has 5 nitrogen and oxygen atoms in total. The predicted molar refractivity (Wildman–Crippen MR) is 84.6 cm³/mol. The van der Waals surface area contributed by atoms with E-state index in [9.17, 15) is 20.6 Å². The van der Waals surface area contributed by atoms with Crippen molar-refractivity contribution in [2.45, 2.75) is 0 Å². The Morgan fingerprint density at radius 3 is 2.39 bits per heavy atom. The topological polar surface area (TPSA) is 90.7 Å². The summed E-state index contributed by atoms with van der Waals surface area (Å²) in [6, 6.07) is 10.2. The molecule has 1 atom stereocenters. The molecule has 0 saturated carbocycles. The Bertz CT molecular complexity index is 860. The van der Waals surface area contributed by atoms with Gasteiger partial charge in [-0.25, -0.2) is 0 Å². The number of nitrogens with zero attached hydrogens (tertiary/aromatic N) is 3. The van der Waals surface area contributed by atoms with Crippen molar-refractivity contribution in [1.82, 2.24) is 0 Å². The number of nitro benzene ring substituents is 1. The maximum atomic E-state index is 10.8. The minimum atomic E-state index is -1.33. The molecule has 1 aromatic rings. The zero-order valence-corrected chi connectivity index (χ0v) is 12.0. The van der Waals surface area contributed by atoms with E-state index in [1.807, 2.05) is 36.5 Å². The van der Waals surface area contributed by atoms with Crippen molar-refractivity contribution in [3.63, 3.8) is 0 Å². The average Bonchev–Trinajstić information content (AvgIpc) is 2.71. The molecule has 0 spiro atoms. The van der Waals surface area contributed by atoms with Gasteiger partial charge in [0.15, 0.2) is 5.41 Å². The first-order valence-corrected chi connectivity index (χ1v) is 6.97. The van der Waals surface area contributed by atoms with Gasteiger partial charge in [-0.1, -0.05) is 36.5 Å². The Labute approximate surface area is 132 Å². The molecule has 0 radical (unpaired) electrons. The highest BCUT2D eigenvalue weighted by atomic mass is 16.6. The maximum absolute atomic E-state index is 10.8. The van der Waals surface area contributed by atoms with Crippen LogP contribution in [0.5, 0.6) is 0 Å². The molecule has 0 aliphatic heterocycles. The summed E-state index contributed by atoms with van der Waals surface area (Å²) in [6.45, 7) is 0. The van der Waals surface area contributed by atoms with E-state index in [0.717, 1.165) is 5.57 Å². The average molecular weight is 301 g/mol. The molecule has 0 amide bonds. The van der Waals surface area contributed by atoms with Gasteiger partial charge in [0.25, 0.3) is 5.69 Å². The summed E-state index contributed by atoms with van der Waals surface area (Å²) >= 11 is 0. The van der Waals surface area contributed by atoms with Crippen LogP contribution in [0, 0.1) is 44.1 Å². The first-order chi connectivity index (χ1) is 11.1. The highest BCUT2D eigenvalue weighted by Gasteiger charge is 2.48. The van der Waals surface area contributed by atoms with Gasteiger partial charge in [0.05, 0.1) is 17.1 Å². The maximum Gasteiger partial charge on any atom is 0.269 e. The molecule has 23 heavy (non-hydrogen) atoms. The van der Waals surface area contributed by atoms with Crippen molar-refractivity contribution in [3.05, 3.63) is 82.0 Å². The van der Waals surface area contributed by atoms with E-state index in [2.05, 4.69) is 12.1 Å². The lowest BCUT2D eigenvalue weighted by Gasteiger charge is -2.23. The zero-order chi connectivity index (χ0) is 16.4. The van der Waals surface area contributed by atoms with Crippen LogP contribution in [-0.2, 0) is 0 Å². The molecule has 0 unspecified atom stereocenters. The molecule has 0 bridgehead atoms. The number of rotatable bonds is 2. The Kier molecular flexibility index (Phi) is 3.40. The van der Waals surface area contributed by atoms with Crippen LogP contribution in [0.1, 0.15) is 5.56 Å². The van der Waals surface area contributed by atoms with Crippen molar-refractivity contribution < 1.29 is 4.92 Å². The second kappa shape index (κ2) is 5.40. The summed E-state index contributed by atoms with van der Waals surface area (Å²) < 4.78 is 0. The molecule has 0 saturated heterocycles. The first-order valence-electron chi connectivity index (χ1n) is 6.97. The lowest BCUT2D eigenvalue weighted by Crippen LogP contribution is -2.24. The zero-order valence-electron chi connectivity index (χ0n) is 12.0. The SMILES string of the molecule is N#CC1(C#N)C(c2ccc([N+](=O)[O-])cc2)=CC2=CC=CC=C[C@H]21. The van der Waals surface area contributed by atoms with Gasteiger partial charge in [-0.05, 0) is 28.8 Å². The fourth-order valence-corrected chi connectivity index (χ4v) is 2.96. The highest BCUT2D eigenvalue weighted by molar-refractivity contribution is 5.83. The van der Waals surface area contributed by atoms with Crippen LogP contribution in [0.3, 0.4) is 0 Å². The van der Waals surface area contributed by atoms with Gasteiger partial charge >= 0.3 is 0 Å². The molecule has 3 rings (SSSR count). The van der Waals surface area contributed by atoms with E-state index < -0.39 is 10.3 Å². The second-order valence-corrected chi connectivity index (χ2v) is 5.31. The molecule has 110 valence electrons. The van der Waals surface area contributed by atoms with E-state index in [1.165, 1.54) is 12.1 Å². The van der Waals surface area contributed by atoms with Crippen LogP contribution >= 0.6 is 0 Å². The molecular formula is C18H11N3O2. The van der Waals surface area contributed by atoms with Crippen molar-refractivity contribution in [1.29, 1.82) is 10.5 Å². The van der Waals surface area contributed by atoms with E-state index in [1.54, 1.807) is 12.1 Å². The molecule has 2 aliphatic rings. The van der Waals surface area contributed by atoms with E-state index >= 15 is 0 Å². The third kappa shape index (κ3) is 2.16. The normalized spacial score (nSPS) is 20.5. The van der Waals surface area contributed by atoms with Gasteiger partial charge in [0.1, 0.15) is 0 Å². The molecule has 0 aromatic heterocycles. The molecule has 5 heteroatoms. The fourth-order valence-electron chi connectivity index (χ4n) is 2.96. The Balaban J connectivity index is 2.15. The number of hydrogen-bond acceptors (Lipinski definition) is 4. The molecule has 0 fully saturated rings.